The molecule has 0 aliphatic heterocycles. The Kier molecular flexibility index (Phi) is 6.81. The lowest BCUT2D eigenvalue weighted by Gasteiger charge is -2.12. The highest BCUT2D eigenvalue weighted by molar-refractivity contribution is 9.10. The predicted octanol–water partition coefficient (Wildman–Crippen LogP) is 5.66. The minimum Gasteiger partial charge on any atom is -0.485 e. The molecule has 4 rings (SSSR count). The third-order valence-corrected chi connectivity index (χ3v) is 6.60. The molecule has 0 bridgehead atoms. The Hall–Kier alpha value is -2.84. The van der Waals surface area contributed by atoms with Crippen molar-refractivity contribution in [3.63, 3.8) is 0 Å². The van der Waals surface area contributed by atoms with E-state index >= 15 is 0 Å². The van der Waals surface area contributed by atoms with E-state index in [9.17, 15) is 4.79 Å². The van der Waals surface area contributed by atoms with Crippen LogP contribution in [-0.2, 0) is 18.4 Å². The monoisotopic (exact) mass is 510 g/mol. The molecule has 3 aromatic carbocycles. The van der Waals surface area contributed by atoms with Crippen molar-refractivity contribution < 1.29 is 9.53 Å². The SMILES string of the molecule is Cc1cc(Br)cc(C)c1NC(=O)CSc1nnc(COc2cccc3ccccc23)n1C. The lowest BCUT2D eigenvalue weighted by Crippen LogP contribution is -2.16. The van der Waals surface area contributed by atoms with Gasteiger partial charge in [-0.2, -0.15) is 0 Å². The van der Waals surface area contributed by atoms with Gasteiger partial charge in [0.2, 0.25) is 5.91 Å². The number of thioether (sulfide) groups is 1. The summed E-state index contributed by atoms with van der Waals surface area (Å²) in [6.07, 6.45) is 0. The maximum absolute atomic E-state index is 12.5. The van der Waals surface area contributed by atoms with E-state index in [1.165, 1.54) is 11.8 Å². The Morgan fingerprint density at radius 3 is 2.59 bits per heavy atom. The Labute approximate surface area is 199 Å². The normalized spacial score (nSPS) is 11.0. The second-order valence-corrected chi connectivity index (χ2v) is 9.33. The molecular weight excluding hydrogens is 488 g/mol. The Morgan fingerprint density at radius 1 is 1.09 bits per heavy atom. The first-order chi connectivity index (χ1) is 15.4. The molecule has 1 amide bonds. The maximum atomic E-state index is 12.5. The van der Waals surface area contributed by atoms with Gasteiger partial charge in [-0.15, -0.1) is 10.2 Å². The van der Waals surface area contributed by atoms with E-state index in [1.54, 1.807) is 0 Å². The van der Waals surface area contributed by atoms with Gasteiger partial charge in [-0.25, -0.2) is 0 Å². The smallest absolute Gasteiger partial charge is 0.234 e. The number of ether oxygens (including phenoxy) is 1. The summed E-state index contributed by atoms with van der Waals surface area (Å²) in [6, 6.07) is 18.1. The van der Waals surface area contributed by atoms with E-state index in [1.807, 2.05) is 67.9 Å². The molecule has 0 radical (unpaired) electrons. The van der Waals surface area contributed by atoms with Crippen molar-refractivity contribution in [2.45, 2.75) is 25.6 Å². The molecular formula is C24H23BrN4O2S. The summed E-state index contributed by atoms with van der Waals surface area (Å²) < 4.78 is 8.88. The average Bonchev–Trinajstić information content (AvgIpc) is 3.12. The fourth-order valence-electron chi connectivity index (χ4n) is 3.47. The van der Waals surface area contributed by atoms with Crippen LogP contribution < -0.4 is 10.1 Å². The molecule has 0 saturated heterocycles. The van der Waals surface area contributed by atoms with E-state index in [0.717, 1.165) is 37.8 Å². The summed E-state index contributed by atoms with van der Waals surface area (Å²) in [5.41, 5.74) is 2.88. The van der Waals surface area contributed by atoms with Gasteiger partial charge in [-0.05, 0) is 48.6 Å². The first-order valence-corrected chi connectivity index (χ1v) is 11.9. The number of nitrogens with zero attached hydrogens (tertiary/aromatic N) is 3. The minimum absolute atomic E-state index is 0.0833. The number of nitrogens with one attached hydrogen (secondary N) is 1. The molecule has 0 unspecified atom stereocenters. The van der Waals surface area contributed by atoms with Crippen molar-refractivity contribution in [1.82, 2.24) is 14.8 Å². The number of aromatic nitrogens is 3. The number of carbonyl (C=O) groups excluding carboxylic acids is 1. The number of halogens is 1. The van der Waals surface area contributed by atoms with Crippen LogP contribution in [-0.4, -0.2) is 26.4 Å². The first kappa shape index (κ1) is 22.4. The lowest BCUT2D eigenvalue weighted by atomic mass is 10.1. The quantitative estimate of drug-likeness (QED) is 0.325. The molecule has 0 spiro atoms. The summed E-state index contributed by atoms with van der Waals surface area (Å²) in [6.45, 7) is 4.25. The Morgan fingerprint density at radius 2 is 1.81 bits per heavy atom. The Balaban J connectivity index is 1.37. The zero-order valence-corrected chi connectivity index (χ0v) is 20.5. The zero-order valence-electron chi connectivity index (χ0n) is 18.1. The summed E-state index contributed by atoms with van der Waals surface area (Å²) >= 11 is 4.83. The van der Waals surface area contributed by atoms with Crippen molar-refractivity contribution >= 4 is 50.1 Å². The third kappa shape index (κ3) is 4.97. The molecule has 32 heavy (non-hydrogen) atoms. The fraction of sp³-hybridized carbons (Fsp3) is 0.208. The van der Waals surface area contributed by atoms with Crippen molar-refractivity contribution in [3.05, 3.63) is 76.0 Å². The third-order valence-electron chi connectivity index (χ3n) is 5.13. The van der Waals surface area contributed by atoms with Gasteiger partial charge in [0.15, 0.2) is 11.0 Å². The van der Waals surface area contributed by atoms with Crippen LogP contribution in [0.1, 0.15) is 17.0 Å². The van der Waals surface area contributed by atoms with Gasteiger partial charge < -0.3 is 14.6 Å². The molecule has 0 atom stereocenters. The van der Waals surface area contributed by atoms with Crippen LogP contribution in [0.4, 0.5) is 5.69 Å². The second-order valence-electron chi connectivity index (χ2n) is 7.48. The molecule has 0 aliphatic rings. The van der Waals surface area contributed by atoms with Crippen LogP contribution in [0.2, 0.25) is 0 Å². The predicted molar refractivity (Wildman–Crippen MR) is 132 cm³/mol. The molecule has 6 nitrogen and oxygen atoms in total. The molecule has 0 aliphatic carbocycles. The van der Waals surface area contributed by atoms with E-state index in [2.05, 4.69) is 43.6 Å². The van der Waals surface area contributed by atoms with E-state index in [4.69, 9.17) is 4.74 Å². The number of amides is 1. The first-order valence-electron chi connectivity index (χ1n) is 10.1. The standard InChI is InChI=1S/C24H23BrN4O2S/c1-15-11-18(25)12-16(2)23(15)26-22(30)14-32-24-28-27-21(29(24)3)13-31-20-10-6-8-17-7-4-5-9-19(17)20/h4-12H,13-14H2,1-3H3,(H,26,30). The van der Waals surface area contributed by atoms with Gasteiger partial charge in [0.05, 0.1) is 5.75 Å². The average molecular weight is 511 g/mol. The molecule has 1 N–H and O–H groups in total. The lowest BCUT2D eigenvalue weighted by molar-refractivity contribution is -0.113. The number of hydrogen-bond donors (Lipinski definition) is 1. The van der Waals surface area contributed by atoms with Crippen molar-refractivity contribution in [1.29, 1.82) is 0 Å². The highest BCUT2D eigenvalue weighted by atomic mass is 79.9. The highest BCUT2D eigenvalue weighted by Crippen LogP contribution is 2.27. The van der Waals surface area contributed by atoms with Gasteiger partial charge in [-0.3, -0.25) is 4.79 Å². The van der Waals surface area contributed by atoms with Gasteiger partial charge in [0.25, 0.3) is 0 Å². The number of carbonyl (C=O) groups is 1. The summed E-state index contributed by atoms with van der Waals surface area (Å²) in [5, 5.41) is 14.3. The van der Waals surface area contributed by atoms with Crippen LogP contribution >= 0.6 is 27.7 Å². The van der Waals surface area contributed by atoms with Gasteiger partial charge in [0, 0.05) is 22.6 Å². The topological polar surface area (TPSA) is 69.0 Å². The van der Waals surface area contributed by atoms with Crippen LogP contribution in [0.3, 0.4) is 0 Å². The van der Waals surface area contributed by atoms with E-state index in [0.29, 0.717) is 17.6 Å². The minimum atomic E-state index is -0.0833. The number of benzene rings is 3. The summed E-state index contributed by atoms with van der Waals surface area (Å²) in [4.78, 5) is 12.5. The number of aryl methyl sites for hydroxylation is 2. The van der Waals surface area contributed by atoms with Gasteiger partial charge in [0.1, 0.15) is 12.4 Å². The van der Waals surface area contributed by atoms with Gasteiger partial charge >= 0.3 is 0 Å². The molecule has 0 fully saturated rings. The number of anilines is 1. The van der Waals surface area contributed by atoms with Crippen LogP contribution in [0.15, 0.2) is 64.2 Å². The van der Waals surface area contributed by atoms with Crippen LogP contribution in [0.25, 0.3) is 10.8 Å². The second kappa shape index (κ2) is 9.75. The van der Waals surface area contributed by atoms with Crippen LogP contribution in [0.5, 0.6) is 5.75 Å². The van der Waals surface area contributed by atoms with E-state index < -0.39 is 0 Å². The summed E-state index contributed by atoms with van der Waals surface area (Å²) in [5.74, 6) is 1.66. The van der Waals surface area contributed by atoms with E-state index in [-0.39, 0.29) is 11.7 Å². The van der Waals surface area contributed by atoms with Crippen LogP contribution in [0, 0.1) is 13.8 Å². The molecule has 8 heteroatoms. The molecule has 0 saturated carbocycles. The maximum Gasteiger partial charge on any atom is 0.234 e. The van der Waals surface area contributed by atoms with Crippen molar-refractivity contribution in [3.8, 4) is 5.75 Å². The van der Waals surface area contributed by atoms with Crippen molar-refractivity contribution in [2.75, 3.05) is 11.1 Å². The van der Waals surface area contributed by atoms with Gasteiger partial charge in [-0.1, -0.05) is 64.1 Å². The molecule has 4 aromatic rings. The highest BCUT2D eigenvalue weighted by Gasteiger charge is 2.14. The van der Waals surface area contributed by atoms with Crippen molar-refractivity contribution in [2.24, 2.45) is 7.05 Å². The number of hydrogen-bond acceptors (Lipinski definition) is 5. The largest absolute Gasteiger partial charge is 0.485 e. The molecule has 1 aromatic heterocycles. The number of fused-ring (bicyclic) bond motifs is 1. The molecule has 164 valence electrons. The fourth-order valence-corrected chi connectivity index (χ4v) is 4.89. The number of rotatable bonds is 7. The molecule has 1 heterocycles. The Bertz CT molecular complexity index is 1260. The zero-order chi connectivity index (χ0) is 22.7. The summed E-state index contributed by atoms with van der Waals surface area (Å²) in [7, 11) is 1.88.